The highest BCUT2D eigenvalue weighted by atomic mass is 16.5. The highest BCUT2D eigenvalue weighted by molar-refractivity contribution is 5.86. The van der Waals surface area contributed by atoms with Gasteiger partial charge in [0.2, 0.25) is 11.6 Å². The molecule has 5 heteroatoms. The molecule has 1 atom stereocenters. The van der Waals surface area contributed by atoms with E-state index in [1.54, 1.807) is 18.3 Å². The lowest BCUT2D eigenvalue weighted by Crippen LogP contribution is -2.05. The van der Waals surface area contributed by atoms with E-state index in [0.29, 0.717) is 17.2 Å². The fourth-order valence-electron chi connectivity index (χ4n) is 2.07. The van der Waals surface area contributed by atoms with E-state index in [0.717, 1.165) is 10.9 Å². The Morgan fingerprint density at radius 2 is 2.14 bits per heavy atom. The predicted molar refractivity (Wildman–Crippen MR) is 77.8 cm³/mol. The zero-order valence-corrected chi connectivity index (χ0v) is 11.4. The lowest BCUT2D eigenvalue weighted by atomic mass is 10.1. The Morgan fingerprint density at radius 3 is 2.90 bits per heavy atom. The summed E-state index contributed by atoms with van der Waals surface area (Å²) in [4.78, 5) is 4.15. The minimum atomic E-state index is -0.119. The van der Waals surface area contributed by atoms with Gasteiger partial charge >= 0.3 is 0 Å². The Morgan fingerprint density at radius 1 is 1.33 bits per heavy atom. The molecule has 2 N–H and O–H groups in total. The van der Waals surface area contributed by atoms with Crippen LogP contribution in [-0.2, 0) is 0 Å². The first-order valence-electron chi connectivity index (χ1n) is 6.50. The number of nitriles is 1. The van der Waals surface area contributed by atoms with Crippen LogP contribution in [0.15, 0.2) is 47.0 Å². The number of hydrogen-bond donors (Lipinski definition) is 1. The van der Waals surface area contributed by atoms with E-state index in [1.807, 2.05) is 37.3 Å². The molecule has 2 heterocycles. The number of pyridine rings is 1. The third-order valence-electron chi connectivity index (χ3n) is 3.14. The average Bonchev–Trinajstić information content (AvgIpc) is 2.86. The van der Waals surface area contributed by atoms with Crippen LogP contribution in [0, 0.1) is 11.3 Å². The molecule has 0 saturated heterocycles. The maximum atomic E-state index is 9.18. The van der Waals surface area contributed by atoms with Crippen molar-refractivity contribution in [1.29, 1.82) is 5.26 Å². The largest absolute Gasteiger partial charge is 0.442 e. The van der Waals surface area contributed by atoms with Crippen LogP contribution in [0.3, 0.4) is 0 Å². The molecule has 3 rings (SSSR count). The summed E-state index contributed by atoms with van der Waals surface area (Å²) in [6.45, 7) is 1.88. The third kappa shape index (κ3) is 2.45. The number of ether oxygens (including phenoxy) is 1. The molecular weight excluding hydrogens is 266 g/mol. The zero-order chi connectivity index (χ0) is 14.8. The number of para-hydroxylation sites is 1. The molecule has 1 aromatic carbocycles. The summed E-state index contributed by atoms with van der Waals surface area (Å²) in [5, 5.41) is 9.91. The molecule has 3 aromatic rings. The minimum absolute atomic E-state index is 0.119. The van der Waals surface area contributed by atoms with Crippen LogP contribution in [0.1, 0.15) is 24.3 Å². The minimum Gasteiger partial charge on any atom is -0.442 e. The average molecular weight is 279 g/mol. The van der Waals surface area contributed by atoms with Crippen LogP contribution in [0.5, 0.6) is 11.6 Å². The van der Waals surface area contributed by atoms with Crippen molar-refractivity contribution in [3.63, 3.8) is 0 Å². The predicted octanol–water partition coefficient (Wildman–Crippen LogP) is 3.51. The smallest absolute Gasteiger partial charge is 0.247 e. The van der Waals surface area contributed by atoms with Gasteiger partial charge in [-0.2, -0.15) is 5.26 Å². The lowest BCUT2D eigenvalue weighted by molar-refractivity contribution is 0.449. The van der Waals surface area contributed by atoms with E-state index in [1.165, 1.54) is 0 Å². The van der Waals surface area contributed by atoms with Crippen LogP contribution in [0.2, 0.25) is 0 Å². The Labute approximate surface area is 121 Å². The number of hydrogen-bond acceptors (Lipinski definition) is 5. The van der Waals surface area contributed by atoms with Crippen molar-refractivity contribution in [3.05, 3.63) is 53.9 Å². The summed E-state index contributed by atoms with van der Waals surface area (Å²) < 4.78 is 11.2. The van der Waals surface area contributed by atoms with Gasteiger partial charge in [-0.3, -0.25) is 0 Å². The van der Waals surface area contributed by atoms with E-state index in [-0.39, 0.29) is 11.8 Å². The highest BCUT2D eigenvalue weighted by Crippen LogP contribution is 2.35. The highest BCUT2D eigenvalue weighted by Gasteiger charge is 2.16. The number of nitrogens with zero attached hydrogens (tertiary/aromatic N) is 2. The zero-order valence-electron chi connectivity index (χ0n) is 11.4. The first kappa shape index (κ1) is 13.2. The van der Waals surface area contributed by atoms with Crippen LogP contribution in [0.4, 0.5) is 0 Å². The summed E-state index contributed by atoms with van der Waals surface area (Å²) in [6, 6.07) is 12.8. The Hall–Kier alpha value is -2.84. The second-order valence-electron chi connectivity index (χ2n) is 4.69. The molecule has 0 fully saturated rings. The molecule has 21 heavy (non-hydrogen) atoms. The fourth-order valence-corrected chi connectivity index (χ4v) is 2.07. The van der Waals surface area contributed by atoms with Crippen LogP contribution in [-0.4, -0.2) is 4.98 Å². The van der Waals surface area contributed by atoms with Crippen molar-refractivity contribution in [2.24, 2.45) is 5.73 Å². The third-order valence-corrected chi connectivity index (χ3v) is 3.14. The van der Waals surface area contributed by atoms with E-state index in [2.05, 4.69) is 4.98 Å². The molecule has 0 unspecified atom stereocenters. The van der Waals surface area contributed by atoms with E-state index in [4.69, 9.17) is 14.9 Å². The van der Waals surface area contributed by atoms with E-state index >= 15 is 0 Å². The molecule has 0 saturated carbocycles. The van der Waals surface area contributed by atoms with Crippen LogP contribution in [0.25, 0.3) is 11.0 Å². The molecule has 0 spiro atoms. The van der Waals surface area contributed by atoms with Crippen LogP contribution < -0.4 is 10.5 Å². The van der Waals surface area contributed by atoms with Crippen molar-refractivity contribution in [1.82, 2.24) is 4.98 Å². The van der Waals surface area contributed by atoms with E-state index in [9.17, 15) is 5.26 Å². The van der Waals surface area contributed by atoms with Gasteiger partial charge in [-0.25, -0.2) is 4.98 Å². The number of furan rings is 1. The molecule has 0 amide bonds. The number of fused-ring (bicyclic) bond motifs is 1. The molecule has 0 aliphatic carbocycles. The topological polar surface area (TPSA) is 85.1 Å². The normalized spacial score (nSPS) is 12.0. The summed E-state index contributed by atoms with van der Waals surface area (Å²) >= 11 is 0. The van der Waals surface area contributed by atoms with Gasteiger partial charge in [0.05, 0.1) is 5.39 Å². The maximum Gasteiger partial charge on any atom is 0.247 e. The van der Waals surface area contributed by atoms with Gasteiger partial charge in [0, 0.05) is 18.3 Å². The molecule has 0 bridgehead atoms. The van der Waals surface area contributed by atoms with Gasteiger partial charge < -0.3 is 14.9 Å². The Bertz CT molecular complexity index is 831. The first-order valence-corrected chi connectivity index (χ1v) is 6.50. The number of nitrogens with two attached hydrogens (primary N) is 1. The summed E-state index contributed by atoms with van der Waals surface area (Å²) in [6.07, 6.45) is 1.63. The van der Waals surface area contributed by atoms with Crippen molar-refractivity contribution >= 4 is 11.0 Å². The van der Waals surface area contributed by atoms with Crippen molar-refractivity contribution in [2.75, 3.05) is 0 Å². The number of rotatable bonds is 3. The lowest BCUT2D eigenvalue weighted by Gasteiger charge is -2.08. The van der Waals surface area contributed by atoms with Crippen molar-refractivity contribution < 1.29 is 9.15 Å². The van der Waals surface area contributed by atoms with Gasteiger partial charge in [0.25, 0.3) is 0 Å². The van der Waals surface area contributed by atoms with Crippen molar-refractivity contribution in [2.45, 2.75) is 13.0 Å². The summed E-state index contributed by atoms with van der Waals surface area (Å²) in [5.74, 6) is 0.888. The van der Waals surface area contributed by atoms with Gasteiger partial charge in [0.1, 0.15) is 11.7 Å². The summed E-state index contributed by atoms with van der Waals surface area (Å²) in [5.41, 5.74) is 7.36. The SMILES string of the molecule is C[C@@H](N)c1ccnc(Oc2c(C#N)oc3ccccc23)c1. The second kappa shape index (κ2) is 5.27. The Kier molecular flexibility index (Phi) is 3.30. The molecular formula is C16H13N3O2. The number of benzene rings is 1. The quantitative estimate of drug-likeness (QED) is 0.792. The fraction of sp³-hybridized carbons (Fsp3) is 0.125. The van der Waals surface area contributed by atoms with Gasteiger partial charge in [-0.05, 0) is 30.7 Å². The van der Waals surface area contributed by atoms with E-state index < -0.39 is 0 Å². The number of aromatic nitrogens is 1. The molecule has 2 aromatic heterocycles. The van der Waals surface area contributed by atoms with Crippen molar-refractivity contribution in [3.8, 4) is 17.7 Å². The molecule has 104 valence electrons. The second-order valence-corrected chi connectivity index (χ2v) is 4.69. The van der Waals surface area contributed by atoms with Gasteiger partial charge in [-0.15, -0.1) is 0 Å². The maximum absolute atomic E-state index is 9.18. The molecule has 0 radical (unpaired) electrons. The molecule has 0 aliphatic heterocycles. The monoisotopic (exact) mass is 279 g/mol. The standard InChI is InChI=1S/C16H13N3O2/c1-10(18)11-6-7-19-15(8-11)21-16-12-4-2-3-5-13(12)20-14(16)9-17/h2-8,10H,18H2,1H3/t10-/m1/s1. The Balaban J connectivity index is 2.06. The van der Waals surface area contributed by atoms with Gasteiger partial charge in [-0.1, -0.05) is 12.1 Å². The van der Waals surface area contributed by atoms with Gasteiger partial charge in [0.15, 0.2) is 5.75 Å². The first-order chi connectivity index (χ1) is 10.2. The molecule has 0 aliphatic rings. The van der Waals surface area contributed by atoms with Crippen LogP contribution >= 0.6 is 0 Å². The molecule has 5 nitrogen and oxygen atoms in total. The summed E-state index contributed by atoms with van der Waals surface area (Å²) in [7, 11) is 0.